The number of fused-ring (bicyclic) bond motifs is 1. The van der Waals surface area contributed by atoms with E-state index in [1.54, 1.807) is 18.8 Å². The number of carbonyl (C=O) groups excluding carboxylic acids is 3. The number of benzene rings is 1. The maximum absolute atomic E-state index is 13.2. The van der Waals surface area contributed by atoms with Crippen LogP contribution in [0.5, 0.6) is 0 Å². The molecule has 0 aliphatic rings. The van der Waals surface area contributed by atoms with Gasteiger partial charge in [-0.25, -0.2) is 0 Å². The third-order valence-corrected chi connectivity index (χ3v) is 6.16. The van der Waals surface area contributed by atoms with Crippen LogP contribution in [0.3, 0.4) is 0 Å². The lowest BCUT2D eigenvalue weighted by Gasteiger charge is -2.31. The lowest BCUT2D eigenvalue weighted by Crippen LogP contribution is -2.56. The minimum absolute atomic E-state index is 0.153. The number of aromatic amines is 1. The van der Waals surface area contributed by atoms with Gasteiger partial charge in [-0.1, -0.05) is 32.0 Å². The van der Waals surface area contributed by atoms with Crippen molar-refractivity contribution in [2.75, 3.05) is 19.1 Å². The van der Waals surface area contributed by atoms with E-state index < -0.39 is 29.9 Å². The number of nitrogens with zero attached hydrogens (tertiary/aromatic N) is 1. The number of aromatic nitrogens is 1. The Morgan fingerprint density at radius 1 is 1.22 bits per heavy atom. The molecule has 3 atom stereocenters. The summed E-state index contributed by atoms with van der Waals surface area (Å²) in [6.07, 6.45) is 5.01. The molecular formula is C23H35N5O3S. The molecule has 0 saturated carbocycles. The molecule has 2 rings (SSSR count). The molecule has 176 valence electrons. The van der Waals surface area contributed by atoms with Crippen LogP contribution < -0.4 is 16.8 Å². The van der Waals surface area contributed by atoms with Crippen molar-refractivity contribution in [3.8, 4) is 0 Å². The molecule has 3 amide bonds. The van der Waals surface area contributed by atoms with Gasteiger partial charge in [0.05, 0.1) is 6.04 Å². The van der Waals surface area contributed by atoms with Gasteiger partial charge in [0.2, 0.25) is 17.7 Å². The molecule has 32 heavy (non-hydrogen) atoms. The van der Waals surface area contributed by atoms with Gasteiger partial charge in [-0.2, -0.15) is 11.8 Å². The van der Waals surface area contributed by atoms with Crippen LogP contribution in [0.2, 0.25) is 0 Å². The van der Waals surface area contributed by atoms with E-state index in [0.717, 1.165) is 16.5 Å². The molecule has 2 aromatic rings. The Balaban J connectivity index is 2.11. The molecule has 1 aromatic heterocycles. The molecule has 0 aliphatic carbocycles. The van der Waals surface area contributed by atoms with Crippen LogP contribution in [0, 0.1) is 5.92 Å². The van der Waals surface area contributed by atoms with Crippen LogP contribution in [0.15, 0.2) is 30.5 Å². The van der Waals surface area contributed by atoms with E-state index in [-0.39, 0.29) is 11.8 Å². The standard InChI is InChI=1S/C23H35N5O3S/c1-14(2)11-19(23(31)28(3)20(21(25)29)9-10-32-4)27-22(30)17(24)12-15-13-26-18-8-6-5-7-16(15)18/h5-8,13-14,17,19-20,26H,9-12,24H2,1-4H3,(H2,25,29)(H,27,30)/t17-,19+,20+/m1/s1. The summed E-state index contributed by atoms with van der Waals surface area (Å²) in [5, 5.41) is 3.83. The number of carbonyl (C=O) groups is 3. The Bertz CT molecular complexity index is 929. The summed E-state index contributed by atoms with van der Waals surface area (Å²) < 4.78 is 0. The van der Waals surface area contributed by atoms with Crippen LogP contribution in [-0.2, 0) is 20.8 Å². The first kappa shape index (κ1) is 25.7. The predicted molar refractivity (Wildman–Crippen MR) is 130 cm³/mol. The van der Waals surface area contributed by atoms with E-state index in [9.17, 15) is 14.4 Å². The van der Waals surface area contributed by atoms with Crippen LogP contribution >= 0.6 is 11.8 Å². The molecule has 0 aliphatic heterocycles. The number of nitrogens with one attached hydrogen (secondary N) is 2. The Morgan fingerprint density at radius 2 is 1.91 bits per heavy atom. The average molecular weight is 462 g/mol. The smallest absolute Gasteiger partial charge is 0.245 e. The minimum atomic E-state index is -0.814. The van der Waals surface area contributed by atoms with Crippen molar-refractivity contribution >= 4 is 40.4 Å². The normalized spacial score (nSPS) is 14.2. The van der Waals surface area contributed by atoms with Crippen LogP contribution in [-0.4, -0.2) is 64.8 Å². The molecule has 8 nitrogen and oxygen atoms in total. The number of amides is 3. The second-order valence-corrected chi connectivity index (χ2v) is 9.50. The van der Waals surface area contributed by atoms with Crippen molar-refractivity contribution in [3.63, 3.8) is 0 Å². The predicted octanol–water partition coefficient (Wildman–Crippen LogP) is 1.63. The quantitative estimate of drug-likeness (QED) is 0.381. The lowest BCUT2D eigenvalue weighted by molar-refractivity contribution is -0.141. The number of likely N-dealkylation sites (N-methyl/N-ethyl adjacent to an activating group) is 1. The molecule has 0 radical (unpaired) electrons. The molecule has 6 N–H and O–H groups in total. The average Bonchev–Trinajstić information content (AvgIpc) is 3.15. The first-order valence-corrected chi connectivity index (χ1v) is 12.2. The summed E-state index contributed by atoms with van der Waals surface area (Å²) in [6, 6.07) is 5.50. The highest BCUT2D eigenvalue weighted by Gasteiger charge is 2.32. The number of thioether (sulfide) groups is 1. The summed E-state index contributed by atoms with van der Waals surface area (Å²) in [5.74, 6) is -0.443. The van der Waals surface area contributed by atoms with Crippen molar-refractivity contribution in [3.05, 3.63) is 36.0 Å². The maximum atomic E-state index is 13.2. The fraction of sp³-hybridized carbons (Fsp3) is 0.522. The van der Waals surface area contributed by atoms with Gasteiger partial charge in [0.1, 0.15) is 12.1 Å². The first-order valence-electron chi connectivity index (χ1n) is 10.8. The molecule has 0 bridgehead atoms. The van der Waals surface area contributed by atoms with Crippen molar-refractivity contribution in [1.29, 1.82) is 0 Å². The second kappa shape index (κ2) is 11.9. The third-order valence-electron chi connectivity index (χ3n) is 5.51. The van der Waals surface area contributed by atoms with E-state index in [1.165, 1.54) is 4.90 Å². The number of nitrogens with two attached hydrogens (primary N) is 2. The van der Waals surface area contributed by atoms with E-state index in [4.69, 9.17) is 11.5 Å². The topological polar surface area (TPSA) is 134 Å². The van der Waals surface area contributed by atoms with Gasteiger partial charge < -0.3 is 26.7 Å². The molecule has 9 heteroatoms. The maximum Gasteiger partial charge on any atom is 0.245 e. The van der Waals surface area contributed by atoms with Gasteiger partial charge in [-0.05, 0) is 48.8 Å². The van der Waals surface area contributed by atoms with Crippen LogP contribution in [0.25, 0.3) is 10.9 Å². The van der Waals surface area contributed by atoms with E-state index in [0.29, 0.717) is 25.0 Å². The summed E-state index contributed by atoms with van der Waals surface area (Å²) in [6.45, 7) is 3.94. The van der Waals surface area contributed by atoms with Crippen molar-refractivity contribution < 1.29 is 14.4 Å². The van der Waals surface area contributed by atoms with Gasteiger partial charge in [-0.3, -0.25) is 14.4 Å². The summed E-state index contributed by atoms with van der Waals surface area (Å²) in [5.41, 5.74) is 13.7. The second-order valence-electron chi connectivity index (χ2n) is 8.51. The highest BCUT2D eigenvalue weighted by molar-refractivity contribution is 7.98. The Kier molecular flexibility index (Phi) is 9.59. The van der Waals surface area contributed by atoms with Crippen molar-refractivity contribution in [2.24, 2.45) is 17.4 Å². The van der Waals surface area contributed by atoms with Crippen LogP contribution in [0.4, 0.5) is 0 Å². The summed E-state index contributed by atoms with van der Waals surface area (Å²) in [4.78, 5) is 42.5. The highest BCUT2D eigenvalue weighted by Crippen LogP contribution is 2.19. The summed E-state index contributed by atoms with van der Waals surface area (Å²) in [7, 11) is 1.56. The van der Waals surface area contributed by atoms with Crippen molar-refractivity contribution in [2.45, 2.75) is 51.2 Å². The highest BCUT2D eigenvalue weighted by atomic mass is 32.2. The van der Waals surface area contributed by atoms with E-state index in [1.807, 2.05) is 50.6 Å². The Hall–Kier alpha value is -2.52. The third kappa shape index (κ3) is 6.74. The fourth-order valence-electron chi connectivity index (χ4n) is 3.76. The molecule has 1 aromatic carbocycles. The zero-order valence-corrected chi connectivity index (χ0v) is 20.1. The number of hydrogen-bond donors (Lipinski definition) is 4. The monoisotopic (exact) mass is 461 g/mol. The number of hydrogen-bond acceptors (Lipinski definition) is 5. The number of H-pyrrole nitrogens is 1. The Morgan fingerprint density at radius 3 is 2.53 bits per heavy atom. The number of primary amides is 1. The van der Waals surface area contributed by atoms with E-state index in [2.05, 4.69) is 10.3 Å². The zero-order chi connectivity index (χ0) is 23.8. The van der Waals surface area contributed by atoms with Gasteiger partial charge in [0.15, 0.2) is 0 Å². The van der Waals surface area contributed by atoms with Gasteiger partial charge >= 0.3 is 0 Å². The largest absolute Gasteiger partial charge is 0.368 e. The summed E-state index contributed by atoms with van der Waals surface area (Å²) >= 11 is 1.58. The minimum Gasteiger partial charge on any atom is -0.368 e. The Labute approximate surface area is 193 Å². The zero-order valence-electron chi connectivity index (χ0n) is 19.3. The number of rotatable bonds is 12. The van der Waals surface area contributed by atoms with Crippen LogP contribution in [0.1, 0.15) is 32.3 Å². The fourth-order valence-corrected chi connectivity index (χ4v) is 4.22. The lowest BCUT2D eigenvalue weighted by atomic mass is 10.00. The molecule has 0 saturated heterocycles. The molecule has 0 unspecified atom stereocenters. The molecule has 0 fully saturated rings. The van der Waals surface area contributed by atoms with Gasteiger partial charge in [0.25, 0.3) is 0 Å². The van der Waals surface area contributed by atoms with E-state index >= 15 is 0 Å². The molecular weight excluding hydrogens is 426 g/mol. The van der Waals surface area contributed by atoms with Crippen molar-refractivity contribution in [1.82, 2.24) is 15.2 Å². The molecule has 1 heterocycles. The number of para-hydroxylation sites is 1. The first-order chi connectivity index (χ1) is 15.1. The van der Waals surface area contributed by atoms with Gasteiger partial charge in [-0.15, -0.1) is 0 Å². The SMILES string of the molecule is CSCC[C@@H](C(N)=O)N(C)C(=O)[C@H](CC(C)C)NC(=O)[C@H](N)Cc1c[nH]c2ccccc12. The van der Waals surface area contributed by atoms with Gasteiger partial charge in [0, 0.05) is 24.1 Å². The molecule has 0 spiro atoms.